The van der Waals surface area contributed by atoms with Crippen molar-refractivity contribution < 1.29 is 22.7 Å². The van der Waals surface area contributed by atoms with E-state index in [0.717, 1.165) is 16.7 Å². The minimum atomic E-state index is -4.17. The highest BCUT2D eigenvalue weighted by Gasteiger charge is 2.33. The maximum Gasteiger partial charge on any atom is 0.328 e. The van der Waals surface area contributed by atoms with Crippen LogP contribution in [-0.2, 0) is 37.2 Å². The van der Waals surface area contributed by atoms with Gasteiger partial charge in [0.2, 0.25) is 15.9 Å². The molecule has 3 atom stereocenters. The SMILES string of the molecule is CCC(C)[C@H](NS(=O)(=O)c1c(Cc2ccccc2)cc(C)cc1Cc1ccccc1)C(=O)N[C@@H](C)C(=O)OC. The highest BCUT2D eigenvalue weighted by molar-refractivity contribution is 7.89. The fraction of sp³-hybridized carbons (Fsp3) is 0.355. The number of ether oxygens (including phenoxy) is 1. The lowest BCUT2D eigenvalue weighted by atomic mass is 9.96. The summed E-state index contributed by atoms with van der Waals surface area (Å²) >= 11 is 0. The molecule has 0 saturated carbocycles. The lowest BCUT2D eigenvalue weighted by Gasteiger charge is -2.26. The van der Waals surface area contributed by atoms with Crippen molar-refractivity contribution in [3.05, 3.63) is 101 Å². The second kappa shape index (κ2) is 13.5. The van der Waals surface area contributed by atoms with Gasteiger partial charge in [-0.05, 0) is 54.9 Å². The van der Waals surface area contributed by atoms with Crippen LogP contribution in [0.1, 0.15) is 55.0 Å². The molecule has 0 saturated heterocycles. The molecule has 3 rings (SSSR count). The van der Waals surface area contributed by atoms with Crippen LogP contribution in [-0.4, -0.2) is 39.5 Å². The zero-order valence-corrected chi connectivity index (χ0v) is 24.0. The molecule has 8 heteroatoms. The molecule has 208 valence electrons. The Labute approximate surface area is 232 Å². The van der Waals surface area contributed by atoms with Gasteiger partial charge in [-0.1, -0.05) is 98.6 Å². The molecule has 0 aliphatic heterocycles. The summed E-state index contributed by atoms with van der Waals surface area (Å²) in [7, 11) is -2.93. The molecule has 0 aliphatic carbocycles. The van der Waals surface area contributed by atoms with Crippen LogP contribution in [0, 0.1) is 12.8 Å². The molecule has 0 aromatic heterocycles. The van der Waals surface area contributed by atoms with Gasteiger partial charge in [0.05, 0.1) is 12.0 Å². The average molecular weight is 551 g/mol. The van der Waals surface area contributed by atoms with Crippen molar-refractivity contribution in [1.82, 2.24) is 10.0 Å². The molecule has 7 nitrogen and oxygen atoms in total. The molecule has 3 aromatic rings. The molecule has 0 radical (unpaired) electrons. The van der Waals surface area contributed by atoms with Gasteiger partial charge in [0.25, 0.3) is 0 Å². The largest absolute Gasteiger partial charge is 0.467 e. The second-order valence-electron chi connectivity index (χ2n) is 9.97. The minimum absolute atomic E-state index is 0.183. The van der Waals surface area contributed by atoms with Gasteiger partial charge >= 0.3 is 5.97 Å². The maximum atomic E-state index is 14.2. The number of rotatable bonds is 12. The fourth-order valence-corrected chi connectivity index (χ4v) is 6.34. The quantitative estimate of drug-likeness (QED) is 0.322. The molecule has 2 N–H and O–H groups in total. The van der Waals surface area contributed by atoms with E-state index < -0.39 is 34.0 Å². The Balaban J connectivity index is 2.09. The summed E-state index contributed by atoms with van der Waals surface area (Å²) in [5, 5.41) is 2.60. The van der Waals surface area contributed by atoms with Crippen molar-refractivity contribution in [3.8, 4) is 0 Å². The lowest BCUT2D eigenvalue weighted by Crippen LogP contribution is -2.53. The molecular formula is C31H38N2O5S. The number of sulfonamides is 1. The Kier molecular flexibility index (Phi) is 10.4. The van der Waals surface area contributed by atoms with E-state index in [4.69, 9.17) is 4.74 Å². The van der Waals surface area contributed by atoms with Crippen molar-refractivity contribution in [2.45, 2.75) is 63.9 Å². The zero-order chi connectivity index (χ0) is 28.6. The maximum absolute atomic E-state index is 14.2. The number of hydrogen-bond acceptors (Lipinski definition) is 5. The van der Waals surface area contributed by atoms with Crippen LogP contribution in [0.15, 0.2) is 77.7 Å². The number of esters is 1. The van der Waals surface area contributed by atoms with Crippen molar-refractivity contribution in [1.29, 1.82) is 0 Å². The summed E-state index contributed by atoms with van der Waals surface area (Å²) in [6.45, 7) is 7.15. The third kappa shape index (κ3) is 8.00. The van der Waals surface area contributed by atoms with Gasteiger partial charge in [-0.25, -0.2) is 13.2 Å². The molecule has 0 aliphatic rings. The Morgan fingerprint density at radius 1 is 0.872 bits per heavy atom. The number of nitrogens with one attached hydrogen (secondary N) is 2. The first-order chi connectivity index (χ1) is 18.6. The molecule has 1 amide bonds. The van der Waals surface area contributed by atoms with E-state index in [9.17, 15) is 18.0 Å². The highest BCUT2D eigenvalue weighted by Crippen LogP contribution is 2.28. The monoisotopic (exact) mass is 550 g/mol. The predicted molar refractivity (Wildman–Crippen MR) is 153 cm³/mol. The van der Waals surface area contributed by atoms with Crippen molar-refractivity contribution in [2.24, 2.45) is 5.92 Å². The van der Waals surface area contributed by atoms with Crippen LogP contribution in [0.4, 0.5) is 0 Å². The number of carbonyl (C=O) groups is 2. The smallest absolute Gasteiger partial charge is 0.328 e. The zero-order valence-electron chi connectivity index (χ0n) is 23.2. The van der Waals surface area contributed by atoms with E-state index in [2.05, 4.69) is 10.0 Å². The van der Waals surface area contributed by atoms with Crippen LogP contribution in [0.3, 0.4) is 0 Å². The molecule has 0 bridgehead atoms. The van der Waals surface area contributed by atoms with E-state index in [1.165, 1.54) is 14.0 Å². The third-order valence-corrected chi connectivity index (χ3v) is 8.45. The number of benzene rings is 3. The summed E-state index contributed by atoms with van der Waals surface area (Å²) in [6, 6.07) is 21.2. The summed E-state index contributed by atoms with van der Waals surface area (Å²) in [4.78, 5) is 25.3. The van der Waals surface area contributed by atoms with Gasteiger partial charge in [0.15, 0.2) is 0 Å². The van der Waals surface area contributed by atoms with Crippen LogP contribution < -0.4 is 10.0 Å². The summed E-state index contributed by atoms with van der Waals surface area (Å²) in [5.41, 5.74) is 4.23. The fourth-order valence-electron chi connectivity index (χ4n) is 4.60. The standard InChI is InChI=1S/C31H38N2O5S/c1-6-22(3)28(30(34)32-23(4)31(35)38-5)33-39(36,37)29-26(19-24-13-9-7-10-14-24)17-21(2)18-27(29)20-25-15-11-8-12-16-25/h7-18,22-23,28,33H,6,19-20H2,1-5H3,(H,32,34)/t22?,23-,28-/m0/s1. The van der Waals surface area contributed by atoms with Crippen LogP contribution in [0.5, 0.6) is 0 Å². The van der Waals surface area contributed by atoms with E-state index in [0.29, 0.717) is 30.4 Å². The summed E-state index contributed by atoms with van der Waals surface area (Å²) in [6.07, 6.45) is 1.38. The summed E-state index contributed by atoms with van der Waals surface area (Å²) in [5.74, 6) is -1.51. The molecule has 0 heterocycles. The molecule has 0 fully saturated rings. The van der Waals surface area contributed by atoms with E-state index in [1.807, 2.05) is 86.6 Å². The minimum Gasteiger partial charge on any atom is -0.467 e. The number of aryl methyl sites for hydroxylation is 1. The predicted octanol–water partition coefficient (Wildman–Crippen LogP) is 4.55. The van der Waals surface area contributed by atoms with Crippen molar-refractivity contribution in [2.75, 3.05) is 7.11 Å². The first-order valence-electron chi connectivity index (χ1n) is 13.2. The van der Waals surface area contributed by atoms with Crippen LogP contribution in [0.25, 0.3) is 0 Å². The Hall–Kier alpha value is -3.49. The topological polar surface area (TPSA) is 102 Å². The molecular weight excluding hydrogens is 512 g/mol. The molecule has 1 unspecified atom stereocenters. The first-order valence-corrected chi connectivity index (χ1v) is 14.6. The van der Waals surface area contributed by atoms with E-state index in [1.54, 1.807) is 6.92 Å². The Morgan fingerprint density at radius 2 is 1.36 bits per heavy atom. The highest BCUT2D eigenvalue weighted by atomic mass is 32.2. The van der Waals surface area contributed by atoms with Gasteiger partial charge in [0.1, 0.15) is 12.1 Å². The number of hydrogen-bond donors (Lipinski definition) is 2. The second-order valence-corrected chi connectivity index (χ2v) is 11.6. The van der Waals surface area contributed by atoms with E-state index in [-0.39, 0.29) is 10.8 Å². The average Bonchev–Trinajstić information content (AvgIpc) is 2.91. The van der Waals surface area contributed by atoms with Gasteiger partial charge < -0.3 is 10.1 Å². The van der Waals surface area contributed by atoms with Crippen LogP contribution in [0.2, 0.25) is 0 Å². The Bertz CT molecular complexity index is 1310. The summed E-state index contributed by atoms with van der Waals surface area (Å²) < 4.78 is 35.8. The van der Waals surface area contributed by atoms with Gasteiger partial charge in [0, 0.05) is 0 Å². The molecule has 0 spiro atoms. The van der Waals surface area contributed by atoms with Crippen LogP contribution >= 0.6 is 0 Å². The van der Waals surface area contributed by atoms with Gasteiger partial charge in [-0.15, -0.1) is 0 Å². The normalized spacial score (nSPS) is 13.8. The molecule has 39 heavy (non-hydrogen) atoms. The third-order valence-electron chi connectivity index (χ3n) is 6.82. The Morgan fingerprint density at radius 3 is 1.79 bits per heavy atom. The first kappa shape index (κ1) is 30.1. The van der Waals surface area contributed by atoms with E-state index >= 15 is 0 Å². The van der Waals surface area contributed by atoms with Gasteiger partial charge in [-0.3, -0.25) is 4.79 Å². The van der Waals surface area contributed by atoms with Crippen molar-refractivity contribution in [3.63, 3.8) is 0 Å². The number of methoxy groups -OCH3 is 1. The number of amides is 1. The number of carbonyl (C=O) groups excluding carboxylic acids is 2. The van der Waals surface area contributed by atoms with Gasteiger partial charge in [-0.2, -0.15) is 4.72 Å². The van der Waals surface area contributed by atoms with Crippen molar-refractivity contribution >= 4 is 21.9 Å². The lowest BCUT2D eigenvalue weighted by molar-refractivity contribution is -0.144. The molecule has 3 aromatic carbocycles.